The Labute approximate surface area is 113 Å². The van der Waals surface area contributed by atoms with Crippen molar-refractivity contribution in [2.24, 2.45) is 0 Å². The van der Waals surface area contributed by atoms with Gasteiger partial charge in [0.1, 0.15) is 6.54 Å². The number of carbonyl (C=O) groups excluding carboxylic acids is 1. The lowest BCUT2D eigenvalue weighted by Gasteiger charge is -2.36. The topological polar surface area (TPSA) is 68.2 Å². The van der Waals surface area contributed by atoms with Gasteiger partial charge in [0.25, 0.3) is 0 Å². The monoisotopic (exact) mass is 266 g/mol. The average molecular weight is 266 g/mol. The van der Waals surface area contributed by atoms with E-state index in [1.54, 1.807) is 17.9 Å². The molecule has 1 unspecified atom stereocenters. The van der Waals surface area contributed by atoms with Crippen LogP contribution in [-0.4, -0.2) is 41.0 Å². The van der Waals surface area contributed by atoms with Gasteiger partial charge in [-0.25, -0.2) is 0 Å². The molecule has 106 valence electrons. The predicted molar refractivity (Wildman–Crippen MR) is 73.0 cm³/mol. The first-order valence-corrected chi connectivity index (χ1v) is 6.62. The number of likely N-dealkylation sites (N-methyl/N-ethyl adjacent to an activating group) is 1. The van der Waals surface area contributed by atoms with Crippen LogP contribution in [-0.2, 0) is 16.1 Å². The van der Waals surface area contributed by atoms with E-state index in [2.05, 4.69) is 29.6 Å². The van der Waals surface area contributed by atoms with Gasteiger partial charge in [0.05, 0.1) is 17.5 Å². The molecular formula is C13H22N4O2. The van der Waals surface area contributed by atoms with E-state index in [0.29, 0.717) is 6.04 Å². The van der Waals surface area contributed by atoms with Crippen molar-refractivity contribution in [3.05, 3.63) is 12.4 Å². The van der Waals surface area contributed by atoms with Crippen molar-refractivity contribution in [1.29, 1.82) is 0 Å². The third-order valence-electron chi connectivity index (χ3n) is 3.29. The lowest BCUT2D eigenvalue weighted by Crippen LogP contribution is -2.40. The highest BCUT2D eigenvalue weighted by atomic mass is 16.5. The van der Waals surface area contributed by atoms with Crippen LogP contribution in [0.5, 0.6) is 0 Å². The number of anilines is 1. The van der Waals surface area contributed by atoms with Crippen molar-refractivity contribution < 1.29 is 9.53 Å². The van der Waals surface area contributed by atoms with Crippen LogP contribution in [0.15, 0.2) is 12.4 Å². The molecule has 0 aliphatic carbocycles. The van der Waals surface area contributed by atoms with E-state index < -0.39 is 0 Å². The molecule has 1 aliphatic heterocycles. The molecule has 1 atom stereocenters. The number of nitrogens with one attached hydrogen (secondary N) is 2. The van der Waals surface area contributed by atoms with E-state index in [9.17, 15) is 4.79 Å². The molecule has 19 heavy (non-hydrogen) atoms. The molecule has 0 aromatic carbocycles. The van der Waals surface area contributed by atoms with Gasteiger partial charge in [0.15, 0.2) is 0 Å². The molecule has 6 nitrogen and oxygen atoms in total. The van der Waals surface area contributed by atoms with Crippen LogP contribution in [0.1, 0.15) is 26.7 Å². The van der Waals surface area contributed by atoms with E-state index in [1.165, 1.54) is 0 Å². The Bertz CT molecular complexity index is 442. The number of nitrogens with zero attached hydrogens (tertiary/aromatic N) is 2. The van der Waals surface area contributed by atoms with Gasteiger partial charge in [-0.05, 0) is 26.7 Å². The number of ether oxygens (including phenoxy) is 1. The molecule has 2 heterocycles. The van der Waals surface area contributed by atoms with Crippen LogP contribution >= 0.6 is 0 Å². The molecule has 1 fully saturated rings. The molecular weight excluding hydrogens is 244 g/mol. The van der Waals surface area contributed by atoms with E-state index in [1.807, 2.05) is 6.20 Å². The van der Waals surface area contributed by atoms with Crippen LogP contribution in [0, 0.1) is 0 Å². The van der Waals surface area contributed by atoms with Crippen molar-refractivity contribution in [3.8, 4) is 0 Å². The number of hydrogen-bond acceptors (Lipinski definition) is 4. The summed E-state index contributed by atoms with van der Waals surface area (Å²) in [4.78, 5) is 11.3. The van der Waals surface area contributed by atoms with Crippen molar-refractivity contribution >= 4 is 11.6 Å². The van der Waals surface area contributed by atoms with E-state index >= 15 is 0 Å². The Morgan fingerprint density at radius 2 is 2.42 bits per heavy atom. The highest BCUT2D eigenvalue weighted by Crippen LogP contribution is 2.26. The summed E-state index contributed by atoms with van der Waals surface area (Å²) in [7, 11) is 1.62. The highest BCUT2D eigenvalue weighted by Gasteiger charge is 2.28. The van der Waals surface area contributed by atoms with Crippen LogP contribution in [0.4, 0.5) is 5.69 Å². The minimum atomic E-state index is -0.0754. The zero-order valence-corrected chi connectivity index (χ0v) is 11.8. The van der Waals surface area contributed by atoms with Gasteiger partial charge < -0.3 is 15.4 Å². The fourth-order valence-electron chi connectivity index (χ4n) is 2.34. The van der Waals surface area contributed by atoms with E-state index in [4.69, 9.17) is 4.74 Å². The standard InChI is InChI=1S/C13H22N4O2/c1-13(2)6-10(4-5-19-13)16-11-7-15-17(8-11)9-12(18)14-3/h7-8,10,16H,4-6,9H2,1-3H3,(H,14,18). The summed E-state index contributed by atoms with van der Waals surface area (Å²) in [5.74, 6) is -0.0538. The first-order valence-electron chi connectivity index (χ1n) is 6.62. The summed E-state index contributed by atoms with van der Waals surface area (Å²) >= 11 is 0. The van der Waals surface area contributed by atoms with Crippen molar-refractivity contribution in [2.75, 3.05) is 19.0 Å². The quantitative estimate of drug-likeness (QED) is 0.853. The molecule has 1 aromatic heterocycles. The second kappa shape index (κ2) is 5.61. The molecule has 2 rings (SSSR count). The first-order chi connectivity index (χ1) is 8.98. The van der Waals surface area contributed by atoms with Crippen molar-refractivity contribution in [1.82, 2.24) is 15.1 Å². The Kier molecular flexibility index (Phi) is 4.09. The Morgan fingerprint density at radius 1 is 1.63 bits per heavy atom. The van der Waals surface area contributed by atoms with Gasteiger partial charge in [-0.15, -0.1) is 0 Å². The maximum Gasteiger partial charge on any atom is 0.241 e. The van der Waals surface area contributed by atoms with E-state index in [0.717, 1.165) is 25.1 Å². The molecule has 6 heteroatoms. The molecule has 1 aliphatic rings. The van der Waals surface area contributed by atoms with Crippen LogP contribution < -0.4 is 10.6 Å². The number of amides is 1. The smallest absolute Gasteiger partial charge is 0.241 e. The van der Waals surface area contributed by atoms with Crippen molar-refractivity contribution in [3.63, 3.8) is 0 Å². The Morgan fingerprint density at radius 3 is 3.11 bits per heavy atom. The zero-order chi connectivity index (χ0) is 13.9. The maximum absolute atomic E-state index is 11.3. The minimum Gasteiger partial charge on any atom is -0.380 e. The molecule has 2 N–H and O–H groups in total. The Balaban J connectivity index is 1.91. The van der Waals surface area contributed by atoms with Crippen LogP contribution in [0.3, 0.4) is 0 Å². The summed E-state index contributed by atoms with van der Waals surface area (Å²) < 4.78 is 7.32. The van der Waals surface area contributed by atoms with Crippen LogP contribution in [0.2, 0.25) is 0 Å². The molecule has 1 saturated heterocycles. The van der Waals surface area contributed by atoms with Gasteiger partial charge in [-0.1, -0.05) is 0 Å². The third kappa shape index (κ3) is 3.96. The predicted octanol–water partition coefficient (Wildman–Crippen LogP) is 0.999. The largest absolute Gasteiger partial charge is 0.380 e. The number of hydrogen-bond donors (Lipinski definition) is 2. The molecule has 1 aromatic rings. The minimum absolute atomic E-state index is 0.0538. The average Bonchev–Trinajstić information content (AvgIpc) is 2.75. The second-order valence-corrected chi connectivity index (χ2v) is 5.54. The SMILES string of the molecule is CNC(=O)Cn1cc(NC2CCOC(C)(C)C2)cn1. The molecule has 0 saturated carbocycles. The number of aromatic nitrogens is 2. The summed E-state index contributed by atoms with van der Waals surface area (Å²) in [5.41, 5.74) is 0.875. The highest BCUT2D eigenvalue weighted by molar-refractivity contribution is 5.75. The molecule has 0 bridgehead atoms. The fourth-order valence-corrected chi connectivity index (χ4v) is 2.34. The molecule has 0 spiro atoms. The van der Waals surface area contributed by atoms with Gasteiger partial charge in [-0.2, -0.15) is 5.10 Å². The Hall–Kier alpha value is -1.56. The van der Waals surface area contributed by atoms with Gasteiger partial charge in [0, 0.05) is 25.9 Å². The normalized spacial score (nSPS) is 21.9. The fraction of sp³-hybridized carbons (Fsp3) is 0.692. The van der Waals surface area contributed by atoms with Gasteiger partial charge in [0.2, 0.25) is 5.91 Å². The lowest BCUT2D eigenvalue weighted by molar-refractivity contribution is -0.121. The van der Waals surface area contributed by atoms with Gasteiger partial charge >= 0.3 is 0 Å². The van der Waals surface area contributed by atoms with E-state index in [-0.39, 0.29) is 18.1 Å². The summed E-state index contributed by atoms with van der Waals surface area (Å²) in [6, 6.07) is 0.390. The summed E-state index contributed by atoms with van der Waals surface area (Å²) in [5, 5.41) is 10.2. The zero-order valence-electron chi connectivity index (χ0n) is 11.8. The summed E-state index contributed by atoms with van der Waals surface area (Å²) in [6.45, 7) is 5.24. The second-order valence-electron chi connectivity index (χ2n) is 5.54. The van der Waals surface area contributed by atoms with Crippen LogP contribution in [0.25, 0.3) is 0 Å². The first kappa shape index (κ1) is 13.9. The van der Waals surface area contributed by atoms with Gasteiger partial charge in [-0.3, -0.25) is 9.48 Å². The number of rotatable bonds is 4. The lowest BCUT2D eigenvalue weighted by atomic mass is 9.94. The molecule has 1 amide bonds. The number of carbonyl (C=O) groups is 1. The molecule has 0 radical (unpaired) electrons. The third-order valence-corrected chi connectivity index (χ3v) is 3.29. The van der Waals surface area contributed by atoms with Crippen molar-refractivity contribution in [2.45, 2.75) is 44.9 Å². The summed E-state index contributed by atoms with van der Waals surface area (Å²) in [6.07, 6.45) is 5.57. The maximum atomic E-state index is 11.3.